The lowest BCUT2D eigenvalue weighted by atomic mass is 10.1. The van der Waals surface area contributed by atoms with Crippen LogP contribution < -0.4 is 11.1 Å². The van der Waals surface area contributed by atoms with Crippen molar-refractivity contribution in [2.24, 2.45) is 10.7 Å². The van der Waals surface area contributed by atoms with Gasteiger partial charge in [0.2, 0.25) is 5.91 Å². The molecule has 9 heteroatoms. The maximum absolute atomic E-state index is 12.4. The lowest BCUT2D eigenvalue weighted by Gasteiger charge is -2.04. The van der Waals surface area contributed by atoms with Gasteiger partial charge in [-0.2, -0.15) is 0 Å². The number of carbonyl (C=O) groups excluding carboxylic acids is 1. The number of nitrogens with one attached hydrogen (secondary N) is 1. The highest BCUT2D eigenvalue weighted by atomic mass is 32.2. The number of amides is 1. The second-order valence-corrected chi connectivity index (χ2v) is 10.6. The van der Waals surface area contributed by atoms with Crippen LogP contribution in [0.5, 0.6) is 0 Å². The van der Waals surface area contributed by atoms with Gasteiger partial charge in [-0.25, -0.2) is 18.4 Å². The molecule has 168 valence electrons. The van der Waals surface area contributed by atoms with E-state index in [1.54, 1.807) is 12.1 Å². The lowest BCUT2D eigenvalue weighted by Crippen LogP contribution is -2.34. The van der Waals surface area contributed by atoms with E-state index in [4.69, 9.17) is 5.73 Å². The number of hydrogen-bond acceptors (Lipinski definition) is 6. The van der Waals surface area contributed by atoms with Crippen molar-refractivity contribution in [3.63, 3.8) is 0 Å². The van der Waals surface area contributed by atoms with Gasteiger partial charge in [-0.1, -0.05) is 36.4 Å². The molecule has 0 fully saturated rings. The first kappa shape index (κ1) is 22.6. The average Bonchev–Trinajstić information content (AvgIpc) is 3.19. The van der Waals surface area contributed by atoms with Gasteiger partial charge in [0.05, 0.1) is 33.8 Å². The Labute approximate surface area is 195 Å². The Hall–Kier alpha value is -3.56. The zero-order valence-corrected chi connectivity index (χ0v) is 19.5. The third-order valence-corrected chi connectivity index (χ3v) is 7.00. The number of nitrogens with zero attached hydrogens (tertiary/aromatic N) is 2. The number of carbonyl (C=O) groups is 1. The average molecular weight is 479 g/mol. The molecule has 33 heavy (non-hydrogen) atoms. The van der Waals surface area contributed by atoms with Crippen LogP contribution in [0.25, 0.3) is 21.3 Å². The third kappa shape index (κ3) is 5.82. The van der Waals surface area contributed by atoms with E-state index in [1.807, 2.05) is 30.3 Å². The smallest absolute Gasteiger partial charge is 0.227 e. The first-order valence-electron chi connectivity index (χ1n) is 10.1. The standard InChI is InChI=1S/C24H22N4O3S2/c1-33(30,31)19-10-8-18(9-11-19)27-22(25)15-26-23(29)14-24-28-20-12-7-17(13-21(20)32-24)16-5-3-2-4-6-16/h2-13H,14-15H2,1H3,(H2,25,27)(H,26,29). The Balaban J connectivity index is 1.37. The molecule has 4 aromatic rings. The Bertz CT molecular complexity index is 1430. The van der Waals surface area contributed by atoms with E-state index >= 15 is 0 Å². The number of thiazole rings is 1. The largest absolute Gasteiger partial charge is 0.386 e. The summed E-state index contributed by atoms with van der Waals surface area (Å²) in [6.45, 7) is 0.0791. The topological polar surface area (TPSA) is 115 Å². The summed E-state index contributed by atoms with van der Waals surface area (Å²) in [5.41, 5.74) is 9.52. The van der Waals surface area contributed by atoms with Crippen LogP contribution in [0.2, 0.25) is 0 Å². The Morgan fingerprint density at radius 3 is 2.45 bits per heavy atom. The molecule has 0 aliphatic heterocycles. The minimum atomic E-state index is -3.27. The van der Waals surface area contributed by atoms with Crippen LogP contribution in [-0.4, -0.2) is 37.9 Å². The minimum Gasteiger partial charge on any atom is -0.386 e. The summed E-state index contributed by atoms with van der Waals surface area (Å²) in [4.78, 5) is 21.3. The SMILES string of the molecule is CS(=O)(=O)c1ccc(N=C(N)CNC(=O)Cc2nc3ccc(-c4ccccc4)cc3s2)cc1. The van der Waals surface area contributed by atoms with E-state index in [9.17, 15) is 13.2 Å². The maximum Gasteiger partial charge on any atom is 0.227 e. The van der Waals surface area contributed by atoms with Gasteiger partial charge >= 0.3 is 0 Å². The fraction of sp³-hybridized carbons (Fsp3) is 0.125. The Kier molecular flexibility index (Phi) is 6.52. The molecule has 0 aliphatic rings. The van der Waals surface area contributed by atoms with E-state index < -0.39 is 9.84 Å². The third-order valence-electron chi connectivity index (χ3n) is 4.86. The van der Waals surface area contributed by atoms with E-state index in [0.717, 1.165) is 32.6 Å². The summed E-state index contributed by atoms with van der Waals surface area (Å²) < 4.78 is 24.1. The molecule has 1 aromatic heterocycles. The van der Waals surface area contributed by atoms with E-state index in [-0.39, 0.29) is 29.6 Å². The quantitative estimate of drug-likeness (QED) is 0.310. The normalized spacial score (nSPS) is 12.1. The molecule has 3 aromatic carbocycles. The van der Waals surface area contributed by atoms with Crippen molar-refractivity contribution in [2.75, 3.05) is 12.8 Å². The van der Waals surface area contributed by atoms with E-state index in [2.05, 4.69) is 33.5 Å². The van der Waals surface area contributed by atoms with Gasteiger partial charge in [-0.3, -0.25) is 4.79 Å². The van der Waals surface area contributed by atoms with Gasteiger partial charge in [0.15, 0.2) is 9.84 Å². The monoisotopic (exact) mass is 478 g/mol. The van der Waals surface area contributed by atoms with Crippen LogP contribution in [0.15, 0.2) is 82.7 Å². The molecule has 0 radical (unpaired) electrons. The Morgan fingerprint density at radius 1 is 1.03 bits per heavy atom. The molecule has 0 unspecified atom stereocenters. The second-order valence-electron chi connectivity index (χ2n) is 7.48. The van der Waals surface area contributed by atoms with Gasteiger partial charge in [0, 0.05) is 6.26 Å². The van der Waals surface area contributed by atoms with Gasteiger partial charge in [0.1, 0.15) is 10.8 Å². The number of sulfone groups is 1. The molecule has 4 rings (SSSR count). The highest BCUT2D eigenvalue weighted by Crippen LogP contribution is 2.28. The molecule has 0 atom stereocenters. The van der Waals surface area contributed by atoms with Gasteiger partial charge in [0.25, 0.3) is 0 Å². The highest BCUT2D eigenvalue weighted by molar-refractivity contribution is 7.90. The highest BCUT2D eigenvalue weighted by Gasteiger charge is 2.11. The number of nitrogens with two attached hydrogens (primary N) is 1. The summed E-state index contributed by atoms with van der Waals surface area (Å²) in [7, 11) is -3.27. The van der Waals surface area contributed by atoms with Crippen molar-refractivity contribution >= 4 is 48.8 Å². The van der Waals surface area contributed by atoms with Crippen molar-refractivity contribution in [1.82, 2.24) is 10.3 Å². The summed E-state index contributed by atoms with van der Waals surface area (Å²) in [5, 5.41) is 3.47. The zero-order chi connectivity index (χ0) is 23.4. The predicted octanol–water partition coefficient (Wildman–Crippen LogP) is 3.71. The number of fused-ring (bicyclic) bond motifs is 1. The van der Waals surface area contributed by atoms with Crippen molar-refractivity contribution in [3.8, 4) is 11.1 Å². The molecule has 0 aliphatic carbocycles. The molecule has 0 spiro atoms. The molecule has 0 saturated carbocycles. The van der Waals surface area contributed by atoms with Crippen LogP contribution in [0.1, 0.15) is 5.01 Å². The van der Waals surface area contributed by atoms with Crippen LogP contribution in [-0.2, 0) is 21.1 Å². The first-order valence-corrected chi connectivity index (χ1v) is 12.8. The molecule has 0 bridgehead atoms. The molecule has 3 N–H and O–H groups in total. The molecular weight excluding hydrogens is 456 g/mol. The van der Waals surface area contributed by atoms with E-state index in [0.29, 0.717) is 5.69 Å². The molecule has 1 amide bonds. The van der Waals surface area contributed by atoms with Crippen molar-refractivity contribution in [3.05, 3.63) is 77.8 Å². The van der Waals surface area contributed by atoms with Crippen molar-refractivity contribution in [1.29, 1.82) is 0 Å². The fourth-order valence-corrected chi connectivity index (χ4v) is 4.86. The predicted molar refractivity (Wildman–Crippen MR) is 133 cm³/mol. The number of hydrogen-bond donors (Lipinski definition) is 2. The maximum atomic E-state index is 12.4. The number of benzene rings is 3. The van der Waals surface area contributed by atoms with E-state index in [1.165, 1.54) is 23.5 Å². The zero-order valence-electron chi connectivity index (χ0n) is 17.9. The van der Waals surface area contributed by atoms with Gasteiger partial charge in [-0.15, -0.1) is 11.3 Å². The van der Waals surface area contributed by atoms with Crippen molar-refractivity contribution in [2.45, 2.75) is 11.3 Å². The summed E-state index contributed by atoms with van der Waals surface area (Å²) in [5.74, 6) is 0.00942. The van der Waals surface area contributed by atoms with Crippen LogP contribution in [0, 0.1) is 0 Å². The summed E-state index contributed by atoms with van der Waals surface area (Å²) in [6, 6.07) is 22.3. The fourth-order valence-electron chi connectivity index (χ4n) is 3.22. The van der Waals surface area contributed by atoms with Crippen molar-refractivity contribution < 1.29 is 13.2 Å². The van der Waals surface area contributed by atoms with Crippen LogP contribution >= 0.6 is 11.3 Å². The molecule has 7 nitrogen and oxygen atoms in total. The molecule has 0 saturated heterocycles. The number of aromatic nitrogens is 1. The van der Waals surface area contributed by atoms with Crippen LogP contribution in [0.4, 0.5) is 5.69 Å². The first-order chi connectivity index (χ1) is 15.8. The number of aliphatic imine (C=N–C) groups is 1. The molecule has 1 heterocycles. The lowest BCUT2D eigenvalue weighted by molar-refractivity contribution is -0.120. The van der Waals surface area contributed by atoms with Gasteiger partial charge < -0.3 is 11.1 Å². The summed E-state index contributed by atoms with van der Waals surface area (Å²) in [6.07, 6.45) is 1.29. The number of rotatable bonds is 7. The van der Waals surface area contributed by atoms with Gasteiger partial charge in [-0.05, 0) is 47.5 Å². The summed E-state index contributed by atoms with van der Waals surface area (Å²) >= 11 is 1.49. The van der Waals surface area contributed by atoms with Crippen LogP contribution in [0.3, 0.4) is 0 Å². The number of amidine groups is 1. The molecular formula is C24H22N4O3S2. The second kappa shape index (κ2) is 9.51. The Morgan fingerprint density at radius 2 is 1.76 bits per heavy atom. The minimum absolute atomic E-state index is 0.0791.